The minimum Gasteiger partial charge on any atom is -0.497 e. The highest BCUT2D eigenvalue weighted by Crippen LogP contribution is 2.23. The highest BCUT2D eigenvalue weighted by atomic mass is 32.2. The van der Waals surface area contributed by atoms with Crippen LogP contribution in [0.4, 0.5) is 5.69 Å². The fourth-order valence-corrected chi connectivity index (χ4v) is 4.80. The first kappa shape index (κ1) is 30.0. The van der Waals surface area contributed by atoms with E-state index in [4.69, 9.17) is 9.47 Å². The van der Waals surface area contributed by atoms with Gasteiger partial charge in [-0.05, 0) is 76.1 Å². The second kappa shape index (κ2) is 13.9. The van der Waals surface area contributed by atoms with Crippen molar-refractivity contribution >= 4 is 27.5 Å². The largest absolute Gasteiger partial charge is 0.497 e. The number of nitrogens with one attached hydrogen (secondary N) is 1. The van der Waals surface area contributed by atoms with Crippen LogP contribution in [0.1, 0.15) is 46.1 Å². The first-order valence-electron chi connectivity index (χ1n) is 12.4. The van der Waals surface area contributed by atoms with Crippen LogP contribution < -0.4 is 19.1 Å². The quantitative estimate of drug-likeness (QED) is 0.398. The van der Waals surface area contributed by atoms with Gasteiger partial charge in [-0.1, -0.05) is 12.1 Å². The number of amides is 2. The molecule has 0 saturated heterocycles. The summed E-state index contributed by atoms with van der Waals surface area (Å²) in [6.45, 7) is 8.14. The number of hydrogen-bond donors (Lipinski definition) is 1. The molecule has 204 valence electrons. The fourth-order valence-electron chi connectivity index (χ4n) is 3.83. The summed E-state index contributed by atoms with van der Waals surface area (Å²) in [4.78, 5) is 27.6. The Morgan fingerprint density at radius 3 is 2.27 bits per heavy atom. The van der Waals surface area contributed by atoms with E-state index < -0.39 is 16.1 Å². The molecule has 1 N–H and O–H groups in total. The Morgan fingerprint density at radius 1 is 1.03 bits per heavy atom. The molecule has 2 rings (SSSR count). The van der Waals surface area contributed by atoms with Gasteiger partial charge in [-0.3, -0.25) is 13.9 Å². The third-order valence-corrected chi connectivity index (χ3v) is 6.87. The topological polar surface area (TPSA) is 105 Å². The van der Waals surface area contributed by atoms with E-state index in [-0.39, 0.29) is 43.8 Å². The minimum absolute atomic E-state index is 0.0684. The van der Waals surface area contributed by atoms with Crippen molar-refractivity contribution in [3.63, 3.8) is 0 Å². The van der Waals surface area contributed by atoms with Gasteiger partial charge in [0.05, 0.1) is 25.7 Å². The Labute approximate surface area is 220 Å². The summed E-state index contributed by atoms with van der Waals surface area (Å²) in [7, 11) is -2.00. The first-order chi connectivity index (χ1) is 17.5. The van der Waals surface area contributed by atoms with Crippen LogP contribution in [-0.2, 0) is 26.2 Å². The zero-order valence-corrected chi connectivity index (χ0v) is 23.4. The van der Waals surface area contributed by atoms with Crippen molar-refractivity contribution in [3.8, 4) is 11.5 Å². The first-order valence-corrected chi connectivity index (χ1v) is 14.2. The van der Waals surface area contributed by atoms with Gasteiger partial charge in [-0.25, -0.2) is 8.42 Å². The molecular weight excluding hydrogens is 494 g/mol. The predicted molar refractivity (Wildman–Crippen MR) is 145 cm³/mol. The molecule has 0 saturated carbocycles. The van der Waals surface area contributed by atoms with Gasteiger partial charge in [0.25, 0.3) is 0 Å². The maximum absolute atomic E-state index is 13.3. The van der Waals surface area contributed by atoms with Crippen molar-refractivity contribution in [1.29, 1.82) is 0 Å². The highest BCUT2D eigenvalue weighted by molar-refractivity contribution is 7.92. The third-order valence-electron chi connectivity index (χ3n) is 5.67. The number of rotatable bonds is 14. The zero-order valence-electron chi connectivity index (χ0n) is 22.6. The van der Waals surface area contributed by atoms with E-state index in [1.165, 1.54) is 9.21 Å². The maximum Gasteiger partial charge on any atom is 0.242 e. The summed E-state index contributed by atoms with van der Waals surface area (Å²) in [5, 5.41) is 2.86. The molecule has 0 bridgehead atoms. The van der Waals surface area contributed by atoms with Gasteiger partial charge >= 0.3 is 0 Å². The average molecular weight is 534 g/mol. The number of carbonyl (C=O) groups is 2. The third kappa shape index (κ3) is 9.27. The zero-order chi connectivity index (χ0) is 27.6. The SMILES string of the molecule is CCOc1ccc(N(CCCC(=O)N(Cc2cccc(OC)c2)C(C)C(=O)NC(C)C)S(C)(=O)=O)cc1. The van der Waals surface area contributed by atoms with Crippen LogP contribution >= 0.6 is 0 Å². The number of ether oxygens (including phenoxy) is 2. The molecule has 2 aromatic carbocycles. The Balaban J connectivity index is 2.17. The van der Waals surface area contributed by atoms with Crippen molar-refractivity contribution in [2.24, 2.45) is 0 Å². The summed E-state index contributed by atoms with van der Waals surface area (Å²) in [5.74, 6) is 0.813. The summed E-state index contributed by atoms with van der Waals surface area (Å²) in [5.41, 5.74) is 1.32. The Hall–Kier alpha value is -3.27. The lowest BCUT2D eigenvalue weighted by Crippen LogP contribution is -2.49. The molecule has 1 unspecified atom stereocenters. The normalized spacial score (nSPS) is 12.1. The Bertz CT molecular complexity index is 1140. The van der Waals surface area contributed by atoms with E-state index in [2.05, 4.69) is 5.32 Å². The van der Waals surface area contributed by atoms with Crippen molar-refractivity contribution in [3.05, 3.63) is 54.1 Å². The summed E-state index contributed by atoms with van der Waals surface area (Å²) < 4.78 is 37.0. The van der Waals surface area contributed by atoms with E-state index in [0.717, 1.165) is 11.8 Å². The lowest BCUT2D eigenvalue weighted by atomic mass is 10.1. The van der Waals surface area contributed by atoms with Crippen LogP contribution in [0.25, 0.3) is 0 Å². The van der Waals surface area contributed by atoms with Gasteiger partial charge in [0, 0.05) is 25.6 Å². The van der Waals surface area contributed by atoms with Gasteiger partial charge in [-0.2, -0.15) is 0 Å². The minimum atomic E-state index is -3.57. The molecule has 37 heavy (non-hydrogen) atoms. The number of hydrogen-bond acceptors (Lipinski definition) is 6. The molecule has 0 aromatic heterocycles. The van der Waals surface area contributed by atoms with E-state index in [1.54, 1.807) is 38.3 Å². The number of carbonyl (C=O) groups excluding carboxylic acids is 2. The van der Waals surface area contributed by atoms with E-state index >= 15 is 0 Å². The average Bonchev–Trinajstić information content (AvgIpc) is 2.84. The van der Waals surface area contributed by atoms with Crippen LogP contribution in [0.3, 0.4) is 0 Å². The molecule has 0 heterocycles. The lowest BCUT2D eigenvalue weighted by Gasteiger charge is -2.30. The van der Waals surface area contributed by atoms with Crippen molar-refractivity contribution < 1.29 is 27.5 Å². The molecule has 1 atom stereocenters. The molecule has 10 heteroatoms. The van der Waals surface area contributed by atoms with Crippen LogP contribution in [0.15, 0.2) is 48.5 Å². The van der Waals surface area contributed by atoms with Gasteiger partial charge in [0.2, 0.25) is 21.8 Å². The molecule has 0 aliphatic heterocycles. The van der Waals surface area contributed by atoms with E-state index in [1.807, 2.05) is 45.0 Å². The molecular formula is C27H39N3O6S. The Kier molecular flexibility index (Phi) is 11.2. The standard InChI is InChI=1S/C27H39N3O6S/c1-7-36-24-15-13-23(14-16-24)30(37(6,33)34)17-9-12-26(31)29(21(4)27(32)28-20(2)3)19-22-10-8-11-25(18-22)35-5/h8,10-11,13-16,18,20-21H,7,9,12,17,19H2,1-6H3,(H,28,32). The smallest absolute Gasteiger partial charge is 0.242 e. The number of methoxy groups -OCH3 is 1. The molecule has 9 nitrogen and oxygen atoms in total. The van der Waals surface area contributed by atoms with E-state index in [0.29, 0.717) is 23.8 Å². The molecule has 0 radical (unpaired) electrons. The van der Waals surface area contributed by atoms with Crippen molar-refractivity contribution in [1.82, 2.24) is 10.2 Å². The summed E-state index contributed by atoms with van der Waals surface area (Å²) >= 11 is 0. The van der Waals surface area contributed by atoms with E-state index in [9.17, 15) is 18.0 Å². The fraction of sp³-hybridized carbons (Fsp3) is 0.481. The summed E-state index contributed by atoms with van der Waals surface area (Å²) in [6.07, 6.45) is 1.50. The summed E-state index contributed by atoms with van der Waals surface area (Å²) in [6, 6.07) is 13.3. The Morgan fingerprint density at radius 2 is 1.70 bits per heavy atom. The number of sulfonamides is 1. The van der Waals surface area contributed by atoms with Gasteiger partial charge in [0.15, 0.2) is 0 Å². The molecule has 2 amide bonds. The monoisotopic (exact) mass is 533 g/mol. The van der Waals surface area contributed by atoms with Crippen LogP contribution in [0.2, 0.25) is 0 Å². The van der Waals surface area contributed by atoms with Crippen molar-refractivity contribution in [2.75, 3.05) is 30.8 Å². The van der Waals surface area contributed by atoms with Crippen LogP contribution in [0, 0.1) is 0 Å². The molecule has 0 aliphatic rings. The lowest BCUT2D eigenvalue weighted by molar-refractivity contribution is -0.140. The number of anilines is 1. The van der Waals surface area contributed by atoms with Crippen LogP contribution in [-0.4, -0.2) is 63.7 Å². The van der Waals surface area contributed by atoms with Crippen LogP contribution in [0.5, 0.6) is 11.5 Å². The number of benzene rings is 2. The second-order valence-electron chi connectivity index (χ2n) is 9.08. The highest BCUT2D eigenvalue weighted by Gasteiger charge is 2.27. The maximum atomic E-state index is 13.3. The van der Waals surface area contributed by atoms with Crippen molar-refractivity contribution in [2.45, 2.75) is 59.2 Å². The van der Waals surface area contributed by atoms with Gasteiger partial charge in [0.1, 0.15) is 17.5 Å². The molecule has 2 aromatic rings. The molecule has 0 spiro atoms. The molecule has 0 fully saturated rings. The van der Waals surface area contributed by atoms with Gasteiger partial charge in [-0.15, -0.1) is 0 Å². The second-order valence-corrected chi connectivity index (χ2v) is 11.0. The predicted octanol–water partition coefficient (Wildman–Crippen LogP) is 3.58. The number of nitrogens with zero attached hydrogens (tertiary/aromatic N) is 2. The van der Waals surface area contributed by atoms with Gasteiger partial charge < -0.3 is 19.7 Å². The molecule has 0 aliphatic carbocycles.